The topological polar surface area (TPSA) is 61.4 Å². The number of amides is 3. The van der Waals surface area contributed by atoms with Crippen molar-refractivity contribution in [2.75, 3.05) is 19.6 Å². The molecule has 0 aromatic rings. The van der Waals surface area contributed by atoms with Gasteiger partial charge in [-0.2, -0.15) is 0 Å². The number of hydrogen-bond donors (Lipinski definition) is 2. The smallest absolute Gasteiger partial charge is 0.322 e. The summed E-state index contributed by atoms with van der Waals surface area (Å²) in [6.07, 6.45) is 2.04. The largest absolute Gasteiger partial charge is 0.322 e. The molecule has 0 radical (unpaired) electrons. The van der Waals surface area contributed by atoms with Crippen LogP contribution in [0.5, 0.6) is 0 Å². The van der Waals surface area contributed by atoms with Gasteiger partial charge in [-0.05, 0) is 31.8 Å². The minimum atomic E-state index is -0.604. The lowest BCUT2D eigenvalue weighted by Gasteiger charge is -2.49. The molecule has 1 unspecified atom stereocenters. The molecule has 2 bridgehead atoms. The molecule has 3 amide bonds. The third-order valence-corrected chi connectivity index (χ3v) is 3.73. The monoisotopic (exact) mass is 195 g/mol. The van der Waals surface area contributed by atoms with Crippen LogP contribution in [0.1, 0.15) is 12.8 Å². The predicted molar refractivity (Wildman–Crippen MR) is 48.6 cm³/mol. The van der Waals surface area contributed by atoms with E-state index in [9.17, 15) is 9.59 Å². The molecular weight excluding hydrogens is 182 g/mol. The number of nitrogens with one attached hydrogen (secondary N) is 2. The number of nitrogens with zero attached hydrogens (tertiary/aromatic N) is 1. The van der Waals surface area contributed by atoms with E-state index in [4.69, 9.17) is 0 Å². The lowest BCUT2D eigenvalue weighted by atomic mass is 9.73. The van der Waals surface area contributed by atoms with Crippen LogP contribution in [0, 0.1) is 5.92 Å². The molecule has 2 N–H and O–H groups in total. The SMILES string of the molecule is O=C1NC(=O)C2(CN3CCC2CC3)N1. The fourth-order valence-electron chi connectivity index (χ4n) is 2.97. The van der Waals surface area contributed by atoms with Gasteiger partial charge in [-0.1, -0.05) is 0 Å². The first-order chi connectivity index (χ1) is 6.71. The summed E-state index contributed by atoms with van der Waals surface area (Å²) < 4.78 is 0. The average molecular weight is 195 g/mol. The third-order valence-electron chi connectivity index (χ3n) is 3.73. The lowest BCUT2D eigenvalue weighted by Crippen LogP contribution is -2.67. The molecule has 4 heterocycles. The molecule has 76 valence electrons. The Morgan fingerprint density at radius 2 is 2.00 bits per heavy atom. The Bertz CT molecular complexity index is 309. The van der Waals surface area contributed by atoms with Gasteiger partial charge in [-0.15, -0.1) is 0 Å². The van der Waals surface area contributed by atoms with Crippen LogP contribution in [0.15, 0.2) is 0 Å². The summed E-state index contributed by atoms with van der Waals surface area (Å²) in [4.78, 5) is 25.1. The first kappa shape index (κ1) is 8.23. The molecule has 5 nitrogen and oxygen atoms in total. The van der Waals surface area contributed by atoms with E-state index in [1.807, 2.05) is 0 Å². The number of hydrogen-bond acceptors (Lipinski definition) is 3. The van der Waals surface area contributed by atoms with Crippen LogP contribution in [0.2, 0.25) is 0 Å². The minimum absolute atomic E-state index is 0.128. The molecule has 14 heavy (non-hydrogen) atoms. The molecule has 4 aliphatic heterocycles. The molecule has 4 aliphatic rings. The van der Waals surface area contributed by atoms with Gasteiger partial charge in [0, 0.05) is 6.54 Å². The lowest BCUT2D eigenvalue weighted by molar-refractivity contribution is -0.131. The molecule has 4 fully saturated rings. The van der Waals surface area contributed by atoms with E-state index >= 15 is 0 Å². The van der Waals surface area contributed by atoms with Crippen molar-refractivity contribution in [2.45, 2.75) is 18.4 Å². The summed E-state index contributed by atoms with van der Waals surface area (Å²) in [5, 5.41) is 5.16. The quantitative estimate of drug-likeness (QED) is 0.502. The van der Waals surface area contributed by atoms with Crippen molar-refractivity contribution in [3.05, 3.63) is 0 Å². The fraction of sp³-hybridized carbons (Fsp3) is 0.778. The Labute approximate surface area is 81.8 Å². The highest BCUT2D eigenvalue weighted by Crippen LogP contribution is 2.37. The molecule has 4 rings (SSSR count). The van der Waals surface area contributed by atoms with Crippen molar-refractivity contribution in [3.63, 3.8) is 0 Å². The first-order valence-corrected chi connectivity index (χ1v) is 5.07. The Morgan fingerprint density at radius 3 is 2.43 bits per heavy atom. The molecule has 0 aromatic carbocycles. The van der Waals surface area contributed by atoms with E-state index in [2.05, 4.69) is 15.5 Å². The maximum absolute atomic E-state index is 11.7. The van der Waals surface area contributed by atoms with Crippen LogP contribution in [0.4, 0.5) is 4.79 Å². The van der Waals surface area contributed by atoms with Crippen molar-refractivity contribution < 1.29 is 9.59 Å². The minimum Gasteiger partial charge on any atom is -0.322 e. The van der Waals surface area contributed by atoms with Gasteiger partial charge in [0.1, 0.15) is 5.54 Å². The number of imide groups is 1. The number of carbonyl (C=O) groups excluding carboxylic acids is 2. The van der Waals surface area contributed by atoms with Crippen LogP contribution in [0.3, 0.4) is 0 Å². The maximum Gasteiger partial charge on any atom is 0.322 e. The highest BCUT2D eigenvalue weighted by molar-refractivity contribution is 6.07. The zero-order valence-corrected chi connectivity index (χ0v) is 7.88. The summed E-state index contributed by atoms with van der Waals surface area (Å²) >= 11 is 0. The molecule has 4 saturated heterocycles. The van der Waals surface area contributed by atoms with E-state index in [0.29, 0.717) is 12.5 Å². The highest BCUT2D eigenvalue weighted by atomic mass is 16.2. The zero-order valence-electron chi connectivity index (χ0n) is 7.88. The van der Waals surface area contributed by atoms with E-state index in [1.54, 1.807) is 0 Å². The van der Waals surface area contributed by atoms with Crippen LogP contribution in [0.25, 0.3) is 0 Å². The zero-order chi connectivity index (χ0) is 9.76. The summed E-state index contributed by atoms with van der Waals surface area (Å²) in [5.41, 5.74) is -0.604. The van der Waals surface area contributed by atoms with Gasteiger partial charge < -0.3 is 10.2 Å². The van der Waals surface area contributed by atoms with Crippen LogP contribution in [-0.2, 0) is 4.79 Å². The highest BCUT2D eigenvalue weighted by Gasteiger charge is 2.56. The van der Waals surface area contributed by atoms with E-state index < -0.39 is 5.54 Å². The first-order valence-electron chi connectivity index (χ1n) is 5.07. The summed E-state index contributed by atoms with van der Waals surface area (Å²) in [5.74, 6) is 0.204. The molecule has 5 heteroatoms. The average Bonchev–Trinajstić information content (AvgIpc) is 2.43. The molecule has 1 atom stereocenters. The van der Waals surface area contributed by atoms with Gasteiger partial charge in [-0.25, -0.2) is 4.79 Å². The molecule has 0 saturated carbocycles. The van der Waals surface area contributed by atoms with Gasteiger partial charge >= 0.3 is 6.03 Å². The second kappa shape index (κ2) is 2.48. The van der Waals surface area contributed by atoms with Crippen LogP contribution >= 0.6 is 0 Å². The molecule has 0 aliphatic carbocycles. The summed E-state index contributed by atoms with van der Waals surface area (Å²) in [6, 6.07) is -0.330. The van der Waals surface area contributed by atoms with Crippen LogP contribution < -0.4 is 10.6 Å². The van der Waals surface area contributed by atoms with E-state index in [0.717, 1.165) is 25.9 Å². The maximum atomic E-state index is 11.7. The van der Waals surface area contributed by atoms with Gasteiger partial charge in [0.05, 0.1) is 0 Å². The Kier molecular flexibility index (Phi) is 1.45. The van der Waals surface area contributed by atoms with Crippen molar-refractivity contribution in [1.29, 1.82) is 0 Å². The van der Waals surface area contributed by atoms with Crippen molar-refractivity contribution in [1.82, 2.24) is 15.5 Å². The van der Waals surface area contributed by atoms with Crippen molar-refractivity contribution in [3.8, 4) is 0 Å². The number of fused-ring (bicyclic) bond motifs is 2. The molecule has 1 spiro atoms. The predicted octanol–water partition coefficient (Wildman–Crippen LogP) is -0.710. The standard InChI is InChI=1S/C9H13N3O2/c13-7-9(11-8(14)10-7)5-12-3-1-6(9)2-4-12/h6H,1-5H2,(H2,10,11,13,14). The van der Waals surface area contributed by atoms with Crippen molar-refractivity contribution >= 4 is 11.9 Å². The number of rotatable bonds is 0. The van der Waals surface area contributed by atoms with Gasteiger partial charge in [0.2, 0.25) is 0 Å². The second-order valence-corrected chi connectivity index (χ2v) is 4.43. The second-order valence-electron chi connectivity index (χ2n) is 4.43. The Morgan fingerprint density at radius 1 is 1.29 bits per heavy atom. The van der Waals surface area contributed by atoms with E-state index in [-0.39, 0.29) is 11.9 Å². The van der Waals surface area contributed by atoms with Crippen molar-refractivity contribution in [2.24, 2.45) is 5.92 Å². The van der Waals surface area contributed by atoms with Gasteiger partial charge in [-0.3, -0.25) is 10.1 Å². The van der Waals surface area contributed by atoms with E-state index in [1.165, 1.54) is 0 Å². The number of piperidine rings is 3. The van der Waals surface area contributed by atoms with Gasteiger partial charge in [0.25, 0.3) is 5.91 Å². The summed E-state index contributed by atoms with van der Waals surface area (Å²) in [6.45, 7) is 2.82. The Hall–Kier alpha value is -1.10. The third kappa shape index (κ3) is 0.877. The molecule has 0 aromatic heterocycles. The summed E-state index contributed by atoms with van der Waals surface area (Å²) in [7, 11) is 0. The number of carbonyl (C=O) groups is 2. The normalized spacial score (nSPS) is 45.4. The fourth-order valence-corrected chi connectivity index (χ4v) is 2.97. The van der Waals surface area contributed by atoms with Gasteiger partial charge in [0.15, 0.2) is 0 Å². The number of urea groups is 1. The van der Waals surface area contributed by atoms with Crippen LogP contribution in [-0.4, -0.2) is 42.0 Å². The Balaban J connectivity index is 1.96. The molecular formula is C9H13N3O2.